The highest BCUT2D eigenvalue weighted by atomic mass is 16.5. The van der Waals surface area contributed by atoms with Crippen LogP contribution in [0.15, 0.2) is 72.9 Å². The van der Waals surface area contributed by atoms with E-state index in [1.54, 1.807) is 18.3 Å². The van der Waals surface area contributed by atoms with Crippen LogP contribution in [0.5, 0.6) is 5.75 Å². The van der Waals surface area contributed by atoms with Crippen molar-refractivity contribution in [2.24, 2.45) is 0 Å². The van der Waals surface area contributed by atoms with Crippen molar-refractivity contribution in [1.82, 2.24) is 10.3 Å². The molecule has 0 aliphatic rings. The van der Waals surface area contributed by atoms with Crippen LogP contribution in [0.25, 0.3) is 0 Å². The summed E-state index contributed by atoms with van der Waals surface area (Å²) in [7, 11) is 0. The van der Waals surface area contributed by atoms with E-state index in [4.69, 9.17) is 9.47 Å². The maximum atomic E-state index is 12.5. The van der Waals surface area contributed by atoms with Crippen LogP contribution in [-0.4, -0.2) is 30.1 Å². The zero-order chi connectivity index (χ0) is 21.2. The van der Waals surface area contributed by atoms with E-state index in [-0.39, 0.29) is 18.1 Å². The van der Waals surface area contributed by atoms with Gasteiger partial charge in [-0.05, 0) is 48.9 Å². The number of pyridine rings is 1. The average molecular weight is 405 g/mol. The molecule has 0 saturated heterocycles. The first-order chi connectivity index (χ1) is 14.7. The highest BCUT2D eigenvalue weighted by molar-refractivity contribution is 5.96. The number of esters is 1. The molecule has 1 amide bonds. The summed E-state index contributed by atoms with van der Waals surface area (Å²) in [6.45, 7) is 2.50. The highest BCUT2D eigenvalue weighted by Crippen LogP contribution is 2.21. The van der Waals surface area contributed by atoms with Crippen LogP contribution in [-0.2, 0) is 16.1 Å². The highest BCUT2D eigenvalue weighted by Gasteiger charge is 2.15. The smallest absolute Gasteiger partial charge is 0.342 e. The van der Waals surface area contributed by atoms with Crippen LogP contribution < -0.4 is 15.4 Å². The van der Waals surface area contributed by atoms with Crippen molar-refractivity contribution in [2.45, 2.75) is 13.5 Å². The van der Waals surface area contributed by atoms with Crippen molar-refractivity contribution in [3.8, 4) is 5.75 Å². The van der Waals surface area contributed by atoms with Crippen LogP contribution >= 0.6 is 0 Å². The van der Waals surface area contributed by atoms with Gasteiger partial charge in [-0.25, -0.2) is 9.78 Å². The van der Waals surface area contributed by atoms with Gasteiger partial charge in [0.1, 0.15) is 17.1 Å². The molecule has 0 aliphatic heterocycles. The van der Waals surface area contributed by atoms with Crippen LogP contribution in [0.1, 0.15) is 22.8 Å². The third-order valence-electron chi connectivity index (χ3n) is 4.12. The van der Waals surface area contributed by atoms with Gasteiger partial charge in [0, 0.05) is 18.4 Å². The Morgan fingerprint density at radius 1 is 0.967 bits per heavy atom. The first-order valence-corrected chi connectivity index (χ1v) is 9.58. The second-order valence-corrected chi connectivity index (χ2v) is 6.32. The van der Waals surface area contributed by atoms with Gasteiger partial charge in [-0.3, -0.25) is 4.79 Å². The van der Waals surface area contributed by atoms with E-state index in [2.05, 4.69) is 15.6 Å². The van der Waals surface area contributed by atoms with Crippen molar-refractivity contribution in [2.75, 3.05) is 18.5 Å². The number of hydrogen-bond donors (Lipinski definition) is 2. The minimum Gasteiger partial charge on any atom is -0.494 e. The van der Waals surface area contributed by atoms with Crippen molar-refractivity contribution < 1.29 is 19.1 Å². The largest absolute Gasteiger partial charge is 0.494 e. The Hall–Kier alpha value is -3.87. The number of ether oxygens (including phenoxy) is 2. The molecule has 0 unspecified atom stereocenters. The van der Waals surface area contributed by atoms with Crippen molar-refractivity contribution in [3.05, 3.63) is 84.1 Å². The number of amides is 1. The molecule has 2 aromatic carbocycles. The molecule has 1 aromatic heterocycles. The molecule has 3 rings (SSSR count). The molecule has 7 heteroatoms. The molecule has 2 N–H and O–H groups in total. The van der Waals surface area contributed by atoms with Crippen LogP contribution in [0.2, 0.25) is 0 Å². The Balaban J connectivity index is 1.56. The topological polar surface area (TPSA) is 89.6 Å². The number of rotatable bonds is 9. The SMILES string of the molecule is CCOc1ccc(Nc2ncccc2C(=O)OCC(=O)NCc2ccccc2)cc1. The third kappa shape index (κ3) is 6.07. The fourth-order valence-corrected chi connectivity index (χ4v) is 2.66. The molecule has 0 radical (unpaired) electrons. The first-order valence-electron chi connectivity index (χ1n) is 9.58. The molecule has 1 heterocycles. The summed E-state index contributed by atoms with van der Waals surface area (Å²) < 4.78 is 10.6. The minimum absolute atomic E-state index is 0.238. The second kappa shape index (κ2) is 10.6. The fourth-order valence-electron chi connectivity index (χ4n) is 2.66. The Morgan fingerprint density at radius 3 is 2.47 bits per heavy atom. The molecule has 0 bridgehead atoms. The quantitative estimate of drug-likeness (QED) is 0.528. The monoisotopic (exact) mass is 405 g/mol. The summed E-state index contributed by atoms with van der Waals surface area (Å²) in [5.74, 6) is 0.0880. The van der Waals surface area contributed by atoms with Gasteiger partial charge in [0.2, 0.25) is 0 Å². The van der Waals surface area contributed by atoms with E-state index in [0.717, 1.165) is 17.0 Å². The summed E-state index contributed by atoms with van der Waals surface area (Å²) >= 11 is 0. The van der Waals surface area contributed by atoms with Gasteiger partial charge in [-0.2, -0.15) is 0 Å². The number of anilines is 2. The van der Waals surface area contributed by atoms with E-state index in [9.17, 15) is 9.59 Å². The predicted octanol–water partition coefficient (Wildman–Crippen LogP) is 3.70. The van der Waals surface area contributed by atoms with Gasteiger partial charge >= 0.3 is 5.97 Å². The zero-order valence-electron chi connectivity index (χ0n) is 16.6. The number of nitrogens with one attached hydrogen (secondary N) is 2. The maximum absolute atomic E-state index is 12.5. The lowest BCUT2D eigenvalue weighted by molar-refractivity contribution is -0.124. The van der Waals surface area contributed by atoms with Crippen LogP contribution in [0.3, 0.4) is 0 Å². The summed E-state index contributed by atoms with van der Waals surface area (Å²) in [5, 5.41) is 5.81. The molecule has 0 atom stereocenters. The van der Waals surface area contributed by atoms with Gasteiger partial charge in [0.15, 0.2) is 6.61 Å². The number of carbonyl (C=O) groups excluding carboxylic acids is 2. The van der Waals surface area contributed by atoms with Gasteiger partial charge in [0.05, 0.1) is 6.61 Å². The molecule has 7 nitrogen and oxygen atoms in total. The number of carbonyl (C=O) groups is 2. The van der Waals surface area contributed by atoms with Crippen molar-refractivity contribution in [1.29, 1.82) is 0 Å². The lowest BCUT2D eigenvalue weighted by Gasteiger charge is -2.11. The lowest BCUT2D eigenvalue weighted by atomic mass is 10.2. The van der Waals surface area contributed by atoms with Crippen molar-refractivity contribution >= 4 is 23.4 Å². The van der Waals surface area contributed by atoms with E-state index < -0.39 is 5.97 Å². The Labute approximate surface area is 175 Å². The fraction of sp³-hybridized carbons (Fsp3) is 0.174. The molecule has 0 aliphatic carbocycles. The first kappa shape index (κ1) is 20.9. The van der Waals surface area contributed by atoms with E-state index in [0.29, 0.717) is 19.0 Å². The average Bonchev–Trinajstić information content (AvgIpc) is 2.78. The Bertz CT molecular complexity index is 975. The molecule has 0 fully saturated rings. The van der Waals surface area contributed by atoms with Crippen LogP contribution in [0, 0.1) is 0 Å². The van der Waals surface area contributed by atoms with E-state index in [1.165, 1.54) is 0 Å². The van der Waals surface area contributed by atoms with Crippen LogP contribution in [0.4, 0.5) is 11.5 Å². The van der Waals surface area contributed by atoms with Crippen molar-refractivity contribution in [3.63, 3.8) is 0 Å². The molecule has 0 spiro atoms. The van der Waals surface area contributed by atoms with E-state index in [1.807, 2.05) is 61.5 Å². The second-order valence-electron chi connectivity index (χ2n) is 6.32. The van der Waals surface area contributed by atoms with Gasteiger partial charge < -0.3 is 20.1 Å². The zero-order valence-corrected chi connectivity index (χ0v) is 16.6. The molecule has 154 valence electrons. The molecular formula is C23H23N3O4. The summed E-state index contributed by atoms with van der Waals surface area (Å²) in [4.78, 5) is 28.7. The predicted molar refractivity (Wildman–Crippen MR) is 114 cm³/mol. The summed E-state index contributed by atoms with van der Waals surface area (Å²) in [5.41, 5.74) is 1.94. The molecule has 0 saturated carbocycles. The summed E-state index contributed by atoms with van der Waals surface area (Å²) in [6.07, 6.45) is 1.57. The molecular weight excluding hydrogens is 382 g/mol. The number of aromatic nitrogens is 1. The third-order valence-corrected chi connectivity index (χ3v) is 4.12. The molecule has 30 heavy (non-hydrogen) atoms. The van der Waals surface area contributed by atoms with Gasteiger partial charge in [0.25, 0.3) is 5.91 Å². The number of hydrogen-bond acceptors (Lipinski definition) is 6. The van der Waals surface area contributed by atoms with Gasteiger partial charge in [-0.1, -0.05) is 30.3 Å². The molecule has 3 aromatic rings. The lowest BCUT2D eigenvalue weighted by Crippen LogP contribution is -2.28. The number of nitrogens with zero attached hydrogens (tertiary/aromatic N) is 1. The van der Waals surface area contributed by atoms with E-state index >= 15 is 0 Å². The number of benzene rings is 2. The Morgan fingerprint density at radius 2 is 1.73 bits per heavy atom. The minimum atomic E-state index is -0.633. The Kier molecular flexibility index (Phi) is 7.38. The normalized spacial score (nSPS) is 10.2. The summed E-state index contributed by atoms with van der Waals surface area (Å²) in [6, 6.07) is 20.0. The maximum Gasteiger partial charge on any atom is 0.342 e. The van der Waals surface area contributed by atoms with Gasteiger partial charge in [-0.15, -0.1) is 0 Å². The standard InChI is InChI=1S/C23H23N3O4/c1-2-29-19-12-10-18(11-13-19)26-22-20(9-6-14-24-22)23(28)30-16-21(27)25-15-17-7-4-3-5-8-17/h3-14H,2,15-16H2,1H3,(H,24,26)(H,25,27).